The number of aliphatic hydroxyl groups is 1. The molecule has 18 heteroatoms. The predicted octanol–water partition coefficient (Wildman–Crippen LogP) is 1.86. The van der Waals surface area contributed by atoms with Gasteiger partial charge in [0.1, 0.15) is 7.85 Å². The quantitative estimate of drug-likeness (QED) is 0.103. The molecule has 1 aliphatic heterocycles. The van der Waals surface area contributed by atoms with Gasteiger partial charge in [0.25, 0.3) is 0 Å². The van der Waals surface area contributed by atoms with Crippen LogP contribution in [0.15, 0.2) is 0 Å². The lowest BCUT2D eigenvalue weighted by atomic mass is 9.94. The van der Waals surface area contributed by atoms with Crippen molar-refractivity contribution in [1.82, 2.24) is 0 Å². The van der Waals surface area contributed by atoms with Crippen molar-refractivity contribution in [3.8, 4) is 0 Å². The Morgan fingerprint density at radius 2 is 1.24 bits per heavy atom. The molecule has 4 N–H and O–H groups in total. The van der Waals surface area contributed by atoms with Crippen LogP contribution in [0.3, 0.4) is 0 Å². The number of phosphoric ester groups is 3. The second-order valence-electron chi connectivity index (χ2n) is 7.62. The molecule has 1 fully saturated rings. The molecule has 1 aliphatic rings. The van der Waals surface area contributed by atoms with E-state index >= 15 is 0 Å². The Morgan fingerprint density at radius 3 is 1.65 bits per heavy atom. The minimum atomic E-state index is -4.42. The molecule has 0 aromatic rings. The first kappa shape index (κ1) is 32.3. The van der Waals surface area contributed by atoms with Crippen LogP contribution in [0, 0.1) is 5.92 Å². The lowest BCUT2D eigenvalue weighted by Crippen LogP contribution is -2.28. The van der Waals surface area contributed by atoms with Crippen molar-refractivity contribution in [3.05, 3.63) is 0 Å². The molecule has 0 spiro atoms. The highest BCUT2D eigenvalue weighted by Crippen LogP contribution is 2.48. The van der Waals surface area contributed by atoms with E-state index < -0.39 is 41.7 Å². The monoisotopic (exact) mass is 554 g/mol. The van der Waals surface area contributed by atoms with Crippen LogP contribution in [0.4, 0.5) is 0 Å². The number of hydrogen-bond acceptors (Lipinski definition) is 11. The molecule has 0 amide bonds. The summed E-state index contributed by atoms with van der Waals surface area (Å²) in [6.07, 6.45) is -0.779. The van der Waals surface area contributed by atoms with Gasteiger partial charge in [0.05, 0.1) is 45.2 Å². The second-order valence-corrected chi connectivity index (χ2v) is 11.9. The Hall–Kier alpha value is 0.315. The summed E-state index contributed by atoms with van der Waals surface area (Å²) in [5.74, 6) is 0.00978. The first-order chi connectivity index (χ1) is 15.8. The third kappa shape index (κ3) is 14.2. The summed E-state index contributed by atoms with van der Waals surface area (Å²) in [4.78, 5) is 28.8. The molecule has 1 heterocycles. The zero-order chi connectivity index (χ0) is 25.8. The number of ether oxygens (including phenoxy) is 1. The predicted molar refractivity (Wildman–Crippen MR) is 119 cm³/mol. The summed E-state index contributed by atoms with van der Waals surface area (Å²) in [5.41, 5.74) is 0. The smallest absolute Gasteiger partial charge is 0.396 e. The van der Waals surface area contributed by atoms with Crippen molar-refractivity contribution in [3.63, 3.8) is 0 Å². The van der Waals surface area contributed by atoms with Gasteiger partial charge in [0.2, 0.25) is 0 Å². The molecule has 1 saturated heterocycles. The van der Waals surface area contributed by atoms with Crippen LogP contribution in [-0.2, 0) is 45.6 Å². The number of rotatable bonds is 19. The van der Waals surface area contributed by atoms with Crippen LogP contribution in [0.25, 0.3) is 0 Å². The van der Waals surface area contributed by atoms with Gasteiger partial charge in [-0.1, -0.05) is 13.8 Å². The second kappa shape index (κ2) is 15.5. The van der Waals surface area contributed by atoms with Gasteiger partial charge in [-0.05, 0) is 31.6 Å². The molecule has 0 aliphatic carbocycles. The van der Waals surface area contributed by atoms with E-state index in [1.807, 2.05) is 13.8 Å². The Balaban J connectivity index is 2.19. The SMILES string of the molecule is [B]C1CC(OP(=O)(O)OCCCOP(=O)(O)OCCCOP(=O)(O)OCCCO)C(C(C)C)O1. The zero-order valence-electron chi connectivity index (χ0n) is 19.2. The van der Waals surface area contributed by atoms with Gasteiger partial charge in [-0.15, -0.1) is 0 Å². The molecule has 0 saturated carbocycles. The van der Waals surface area contributed by atoms with E-state index in [1.165, 1.54) is 0 Å². The summed E-state index contributed by atoms with van der Waals surface area (Å²) in [5, 5.41) is 8.58. The van der Waals surface area contributed by atoms with Crippen molar-refractivity contribution < 1.29 is 65.4 Å². The molecule has 0 bridgehead atoms. The molecule has 2 radical (unpaired) electrons. The average molecular weight is 554 g/mol. The van der Waals surface area contributed by atoms with Crippen LogP contribution in [-0.4, -0.2) is 85.5 Å². The lowest BCUT2D eigenvalue weighted by molar-refractivity contribution is -0.00181. The van der Waals surface area contributed by atoms with Gasteiger partial charge in [0, 0.05) is 12.6 Å². The molecular weight excluding hydrogens is 520 g/mol. The summed E-state index contributed by atoms with van der Waals surface area (Å²) < 4.78 is 69.5. The standard InChI is InChI=1S/C16H34BO14P3/c1-13(2)16-14(12-15(17)30-16)31-34(23,24)29-11-5-10-28-33(21,22)27-9-4-8-26-32(19,20)25-7-3-6-18/h13-16,18H,3-12H2,1-2H3,(H,19,20)(H,21,22)(H,23,24). The fourth-order valence-electron chi connectivity index (χ4n) is 2.76. The molecule has 14 nitrogen and oxygen atoms in total. The highest BCUT2D eigenvalue weighted by Gasteiger charge is 2.40. The third-order valence-electron chi connectivity index (χ3n) is 4.24. The van der Waals surface area contributed by atoms with Crippen LogP contribution in [0.1, 0.15) is 39.5 Å². The van der Waals surface area contributed by atoms with Crippen molar-refractivity contribution in [2.45, 2.75) is 57.7 Å². The maximum Gasteiger partial charge on any atom is 0.472 e. The van der Waals surface area contributed by atoms with E-state index in [0.29, 0.717) is 0 Å². The maximum atomic E-state index is 12.1. The first-order valence-electron chi connectivity index (χ1n) is 10.7. The maximum absolute atomic E-state index is 12.1. The van der Waals surface area contributed by atoms with E-state index in [4.69, 9.17) is 35.8 Å². The highest BCUT2D eigenvalue weighted by molar-refractivity contribution is 7.47. The van der Waals surface area contributed by atoms with Gasteiger partial charge in [0.15, 0.2) is 0 Å². The fourth-order valence-corrected chi connectivity index (χ4v) is 5.31. The molecule has 0 aromatic heterocycles. The van der Waals surface area contributed by atoms with E-state index in [2.05, 4.69) is 9.05 Å². The fraction of sp³-hybridized carbons (Fsp3) is 1.00. The largest absolute Gasteiger partial charge is 0.472 e. The number of phosphoric acid groups is 3. The Bertz CT molecular complexity index is 725. The van der Waals surface area contributed by atoms with E-state index in [1.54, 1.807) is 0 Å². The van der Waals surface area contributed by atoms with E-state index in [9.17, 15) is 28.4 Å². The molecule has 1 rings (SSSR count). The van der Waals surface area contributed by atoms with Crippen LogP contribution in [0.2, 0.25) is 0 Å². The van der Waals surface area contributed by atoms with Crippen molar-refractivity contribution >= 4 is 31.3 Å². The van der Waals surface area contributed by atoms with Crippen LogP contribution >= 0.6 is 23.5 Å². The Labute approximate surface area is 200 Å². The van der Waals surface area contributed by atoms with Gasteiger partial charge >= 0.3 is 23.5 Å². The summed E-state index contributed by atoms with van der Waals surface area (Å²) in [7, 11) is -7.39. The Kier molecular flexibility index (Phi) is 14.8. The molecular formula is C16H34BO14P3. The van der Waals surface area contributed by atoms with Gasteiger partial charge in [-0.3, -0.25) is 27.1 Å². The minimum absolute atomic E-state index is 0.00978. The van der Waals surface area contributed by atoms with Crippen molar-refractivity contribution in [2.75, 3.05) is 39.6 Å². The molecule has 34 heavy (non-hydrogen) atoms. The van der Waals surface area contributed by atoms with Gasteiger partial charge < -0.3 is 24.5 Å². The van der Waals surface area contributed by atoms with Crippen molar-refractivity contribution in [1.29, 1.82) is 0 Å². The third-order valence-corrected chi connectivity index (χ3v) is 7.32. The minimum Gasteiger partial charge on any atom is -0.396 e. The van der Waals surface area contributed by atoms with Crippen LogP contribution < -0.4 is 0 Å². The molecule has 6 atom stereocenters. The summed E-state index contributed by atoms with van der Waals surface area (Å²) >= 11 is 0. The zero-order valence-corrected chi connectivity index (χ0v) is 21.9. The highest BCUT2D eigenvalue weighted by atomic mass is 31.2. The first-order valence-corrected chi connectivity index (χ1v) is 15.2. The van der Waals surface area contributed by atoms with E-state index in [-0.39, 0.29) is 71.2 Å². The van der Waals surface area contributed by atoms with Gasteiger partial charge in [-0.25, -0.2) is 13.7 Å². The summed E-state index contributed by atoms with van der Waals surface area (Å²) in [6.45, 7) is 2.14. The number of hydrogen-bond donors (Lipinski definition) is 4. The lowest BCUT2D eigenvalue weighted by Gasteiger charge is -2.24. The average Bonchev–Trinajstić information content (AvgIpc) is 3.06. The molecule has 200 valence electrons. The van der Waals surface area contributed by atoms with Crippen molar-refractivity contribution in [2.24, 2.45) is 5.92 Å². The Morgan fingerprint density at radius 1 is 0.824 bits per heavy atom. The number of aliphatic hydroxyl groups excluding tert-OH is 1. The van der Waals surface area contributed by atoms with E-state index in [0.717, 1.165) is 0 Å². The van der Waals surface area contributed by atoms with Gasteiger partial charge in [-0.2, -0.15) is 0 Å². The molecule has 6 unspecified atom stereocenters. The topological polar surface area (TPSA) is 197 Å². The van der Waals surface area contributed by atoms with Crippen LogP contribution in [0.5, 0.6) is 0 Å². The normalized spacial score (nSPS) is 26.3. The molecule has 0 aromatic carbocycles. The summed E-state index contributed by atoms with van der Waals surface area (Å²) in [6, 6.07) is -0.602.